The Morgan fingerprint density at radius 3 is 2.08 bits per heavy atom. The molecule has 0 bridgehead atoms. The molecule has 1 fully saturated rings. The highest BCUT2D eigenvalue weighted by Gasteiger charge is 2.25. The summed E-state index contributed by atoms with van der Waals surface area (Å²) in [7, 11) is -2.76. The second-order valence-corrected chi connectivity index (χ2v) is 6.09. The summed E-state index contributed by atoms with van der Waals surface area (Å²) in [6, 6.07) is 0.372. The first-order chi connectivity index (χ1) is 5.92. The van der Waals surface area contributed by atoms with Gasteiger partial charge in [-0.2, -0.15) is 0 Å². The van der Waals surface area contributed by atoms with E-state index >= 15 is 0 Å². The van der Waals surface area contributed by atoms with E-state index in [4.69, 9.17) is 5.73 Å². The molecule has 2 unspecified atom stereocenters. The molecule has 4 nitrogen and oxygen atoms in total. The summed E-state index contributed by atoms with van der Waals surface area (Å²) < 4.78 is 22.3. The fourth-order valence-electron chi connectivity index (χ4n) is 1.47. The van der Waals surface area contributed by atoms with Crippen LogP contribution in [0.5, 0.6) is 0 Å². The van der Waals surface area contributed by atoms with E-state index in [1.54, 1.807) is 0 Å². The summed E-state index contributed by atoms with van der Waals surface area (Å²) in [5, 5.41) is 0. The van der Waals surface area contributed by atoms with Gasteiger partial charge in [0.15, 0.2) is 9.84 Å². The first kappa shape index (κ1) is 10.9. The molecule has 0 amide bonds. The highest BCUT2D eigenvalue weighted by atomic mass is 32.2. The third kappa shape index (κ3) is 2.93. The average Bonchev–Trinajstić information content (AvgIpc) is 2.03. The maximum atomic E-state index is 11.1. The first-order valence-corrected chi connectivity index (χ1v) is 6.44. The van der Waals surface area contributed by atoms with Crippen molar-refractivity contribution in [1.82, 2.24) is 4.90 Å². The third-order valence-corrected chi connectivity index (χ3v) is 4.33. The van der Waals surface area contributed by atoms with Crippen molar-refractivity contribution in [3.05, 3.63) is 0 Å². The van der Waals surface area contributed by atoms with E-state index in [0.717, 1.165) is 0 Å². The summed E-state index contributed by atoms with van der Waals surface area (Å²) in [5.41, 5.74) is 5.74. The molecule has 0 radical (unpaired) electrons. The summed E-state index contributed by atoms with van der Waals surface area (Å²) in [6.07, 6.45) is 0. The Balaban J connectivity index is 2.50. The molecule has 5 heteroatoms. The molecule has 1 rings (SSSR count). The van der Waals surface area contributed by atoms with Crippen molar-refractivity contribution < 1.29 is 8.42 Å². The number of sulfone groups is 1. The molecule has 2 N–H and O–H groups in total. The fraction of sp³-hybridized carbons (Fsp3) is 1.00. The van der Waals surface area contributed by atoms with Gasteiger partial charge >= 0.3 is 0 Å². The van der Waals surface area contributed by atoms with E-state index in [1.807, 2.05) is 13.8 Å². The quantitative estimate of drug-likeness (QED) is 0.658. The highest BCUT2D eigenvalue weighted by molar-refractivity contribution is 7.91. The second kappa shape index (κ2) is 3.94. The standard InChI is InChI=1S/C8H18N2O2S/c1-7(9)8(2)10-3-5-13(11,12)6-4-10/h7-8H,3-6,9H2,1-2H3. The summed E-state index contributed by atoms with van der Waals surface area (Å²) in [4.78, 5) is 2.14. The zero-order valence-electron chi connectivity index (χ0n) is 8.23. The molecule has 1 aliphatic rings. The van der Waals surface area contributed by atoms with E-state index in [1.165, 1.54) is 0 Å². The Morgan fingerprint density at radius 1 is 1.23 bits per heavy atom. The Bertz CT molecular complexity index is 247. The first-order valence-electron chi connectivity index (χ1n) is 4.62. The molecule has 1 saturated heterocycles. The molecule has 2 atom stereocenters. The van der Waals surface area contributed by atoms with Crippen LogP contribution in [0.1, 0.15) is 13.8 Å². The molecule has 0 saturated carbocycles. The van der Waals surface area contributed by atoms with Gasteiger partial charge < -0.3 is 5.73 Å². The van der Waals surface area contributed by atoms with Crippen molar-refractivity contribution >= 4 is 9.84 Å². The number of nitrogens with two attached hydrogens (primary N) is 1. The Kier molecular flexibility index (Phi) is 3.32. The van der Waals surface area contributed by atoms with Gasteiger partial charge in [-0.3, -0.25) is 4.90 Å². The lowest BCUT2D eigenvalue weighted by Crippen LogP contribution is -2.50. The van der Waals surface area contributed by atoms with Gasteiger partial charge in [0, 0.05) is 25.2 Å². The summed E-state index contributed by atoms with van der Waals surface area (Å²) in [6.45, 7) is 5.26. The SMILES string of the molecule is CC(N)C(C)N1CCS(=O)(=O)CC1. The third-order valence-electron chi connectivity index (χ3n) is 2.72. The van der Waals surface area contributed by atoms with Crippen molar-refractivity contribution in [2.75, 3.05) is 24.6 Å². The van der Waals surface area contributed by atoms with Crippen molar-refractivity contribution in [1.29, 1.82) is 0 Å². The minimum absolute atomic E-state index is 0.0980. The van der Waals surface area contributed by atoms with Crippen LogP contribution in [0.3, 0.4) is 0 Å². The number of hydrogen-bond acceptors (Lipinski definition) is 4. The highest BCUT2D eigenvalue weighted by Crippen LogP contribution is 2.09. The van der Waals surface area contributed by atoms with Crippen molar-refractivity contribution in [3.63, 3.8) is 0 Å². The van der Waals surface area contributed by atoms with Crippen LogP contribution in [0.25, 0.3) is 0 Å². The van der Waals surface area contributed by atoms with Gasteiger partial charge in [-0.05, 0) is 13.8 Å². The number of nitrogens with zero attached hydrogens (tertiary/aromatic N) is 1. The van der Waals surface area contributed by atoms with Crippen LogP contribution in [0, 0.1) is 0 Å². The lowest BCUT2D eigenvalue weighted by molar-refractivity contribution is 0.204. The van der Waals surface area contributed by atoms with Gasteiger partial charge in [0.1, 0.15) is 0 Å². The zero-order chi connectivity index (χ0) is 10.1. The van der Waals surface area contributed by atoms with Gasteiger partial charge in [-0.25, -0.2) is 8.42 Å². The normalized spacial score (nSPS) is 28.2. The molecule has 0 aliphatic carbocycles. The molecule has 0 aromatic carbocycles. The molecule has 0 spiro atoms. The van der Waals surface area contributed by atoms with E-state index < -0.39 is 9.84 Å². The van der Waals surface area contributed by atoms with E-state index in [-0.39, 0.29) is 23.6 Å². The molecule has 0 aromatic heterocycles. The maximum absolute atomic E-state index is 11.1. The van der Waals surface area contributed by atoms with Crippen LogP contribution in [0.2, 0.25) is 0 Å². The summed E-state index contributed by atoms with van der Waals surface area (Å²) in [5.74, 6) is 0.564. The van der Waals surface area contributed by atoms with E-state index in [9.17, 15) is 8.42 Å². The van der Waals surface area contributed by atoms with Crippen molar-refractivity contribution in [3.8, 4) is 0 Å². The van der Waals surface area contributed by atoms with Gasteiger partial charge in [0.05, 0.1) is 11.5 Å². The maximum Gasteiger partial charge on any atom is 0.152 e. The second-order valence-electron chi connectivity index (χ2n) is 3.79. The molecular formula is C8H18N2O2S. The minimum Gasteiger partial charge on any atom is -0.327 e. The molecule has 1 aliphatic heterocycles. The van der Waals surface area contributed by atoms with Gasteiger partial charge in [0.2, 0.25) is 0 Å². The van der Waals surface area contributed by atoms with Gasteiger partial charge in [0.25, 0.3) is 0 Å². The van der Waals surface area contributed by atoms with Crippen LogP contribution in [0.4, 0.5) is 0 Å². The average molecular weight is 206 g/mol. The smallest absolute Gasteiger partial charge is 0.152 e. The molecule has 78 valence electrons. The number of rotatable bonds is 2. The Hall–Kier alpha value is -0.130. The Morgan fingerprint density at radius 2 is 1.69 bits per heavy atom. The fourth-order valence-corrected chi connectivity index (χ4v) is 2.70. The largest absolute Gasteiger partial charge is 0.327 e. The zero-order valence-corrected chi connectivity index (χ0v) is 9.05. The number of hydrogen-bond donors (Lipinski definition) is 1. The topological polar surface area (TPSA) is 63.4 Å². The van der Waals surface area contributed by atoms with Crippen LogP contribution in [0.15, 0.2) is 0 Å². The molecule has 13 heavy (non-hydrogen) atoms. The minimum atomic E-state index is -2.76. The van der Waals surface area contributed by atoms with Crippen LogP contribution >= 0.6 is 0 Å². The monoisotopic (exact) mass is 206 g/mol. The predicted molar refractivity (Wildman–Crippen MR) is 53.3 cm³/mol. The Labute approximate surface area is 80.0 Å². The van der Waals surface area contributed by atoms with Crippen molar-refractivity contribution in [2.24, 2.45) is 5.73 Å². The van der Waals surface area contributed by atoms with E-state index in [0.29, 0.717) is 13.1 Å². The lowest BCUT2D eigenvalue weighted by Gasteiger charge is -2.34. The summed E-state index contributed by atoms with van der Waals surface area (Å²) >= 11 is 0. The van der Waals surface area contributed by atoms with Crippen LogP contribution < -0.4 is 5.73 Å². The molecule has 0 aromatic rings. The molecular weight excluding hydrogens is 188 g/mol. The molecule has 1 heterocycles. The van der Waals surface area contributed by atoms with Crippen LogP contribution in [-0.4, -0.2) is 50.0 Å². The van der Waals surface area contributed by atoms with Crippen LogP contribution in [-0.2, 0) is 9.84 Å². The van der Waals surface area contributed by atoms with Crippen molar-refractivity contribution in [2.45, 2.75) is 25.9 Å². The van der Waals surface area contributed by atoms with E-state index in [2.05, 4.69) is 4.90 Å². The predicted octanol–water partition coefficient (Wildman–Crippen LogP) is -0.547. The lowest BCUT2D eigenvalue weighted by atomic mass is 10.1. The van der Waals surface area contributed by atoms with Gasteiger partial charge in [-0.1, -0.05) is 0 Å². The van der Waals surface area contributed by atoms with Gasteiger partial charge in [-0.15, -0.1) is 0 Å².